The van der Waals surface area contributed by atoms with Crippen LogP contribution in [0.15, 0.2) is 0 Å². The number of aliphatic carboxylic acids is 1. The molecule has 0 aliphatic heterocycles. The Morgan fingerprint density at radius 2 is 2.31 bits per heavy atom. The van der Waals surface area contributed by atoms with E-state index < -0.39 is 5.97 Å². The second-order valence-electron chi connectivity index (χ2n) is 3.18. The largest absolute Gasteiger partial charge is 0.481 e. The Hall–Kier alpha value is -0.610. The Morgan fingerprint density at radius 3 is 2.77 bits per heavy atom. The molecule has 0 aliphatic carbocycles. The first-order valence-electron chi connectivity index (χ1n) is 4.86. The van der Waals surface area contributed by atoms with Gasteiger partial charge in [-0.25, -0.2) is 0 Å². The lowest BCUT2D eigenvalue weighted by Crippen LogP contribution is -2.32. The van der Waals surface area contributed by atoms with Crippen molar-refractivity contribution in [2.45, 2.75) is 38.6 Å². The summed E-state index contributed by atoms with van der Waals surface area (Å²) in [6.45, 7) is 3.57. The molecule has 0 aromatic rings. The van der Waals surface area contributed by atoms with E-state index in [9.17, 15) is 4.79 Å². The molecule has 0 saturated heterocycles. The molecule has 1 atom stereocenters. The number of nitrogens with one attached hydrogen (secondary N) is 1. The first-order chi connectivity index (χ1) is 6.20. The fourth-order valence-electron chi connectivity index (χ4n) is 1.20. The summed E-state index contributed by atoms with van der Waals surface area (Å²) in [5.41, 5.74) is 5.36. The van der Waals surface area contributed by atoms with Gasteiger partial charge in [-0.15, -0.1) is 0 Å². The zero-order valence-corrected chi connectivity index (χ0v) is 8.25. The van der Waals surface area contributed by atoms with Crippen molar-refractivity contribution in [3.05, 3.63) is 0 Å². The summed E-state index contributed by atoms with van der Waals surface area (Å²) in [6, 6.07) is 0.0843. The number of carbonyl (C=O) groups is 1. The molecule has 0 amide bonds. The van der Waals surface area contributed by atoms with Gasteiger partial charge in [0.2, 0.25) is 0 Å². The molecular weight excluding hydrogens is 168 g/mol. The molecule has 0 bridgehead atoms. The van der Waals surface area contributed by atoms with E-state index in [1.807, 2.05) is 0 Å². The van der Waals surface area contributed by atoms with Crippen molar-refractivity contribution >= 4 is 5.97 Å². The van der Waals surface area contributed by atoms with E-state index in [2.05, 4.69) is 12.2 Å². The minimum Gasteiger partial charge on any atom is -0.481 e. The van der Waals surface area contributed by atoms with Crippen LogP contribution in [0.5, 0.6) is 0 Å². The van der Waals surface area contributed by atoms with Crippen LogP contribution in [0.2, 0.25) is 0 Å². The molecule has 78 valence electrons. The Balaban J connectivity index is 3.66. The summed E-state index contributed by atoms with van der Waals surface area (Å²) < 4.78 is 0. The molecule has 0 aromatic heterocycles. The predicted molar refractivity (Wildman–Crippen MR) is 52.6 cm³/mol. The van der Waals surface area contributed by atoms with E-state index in [-0.39, 0.29) is 12.5 Å². The van der Waals surface area contributed by atoms with Crippen LogP contribution >= 0.6 is 0 Å². The van der Waals surface area contributed by atoms with E-state index >= 15 is 0 Å². The fraction of sp³-hybridized carbons (Fsp3) is 0.889. The molecule has 0 spiro atoms. The fourth-order valence-corrected chi connectivity index (χ4v) is 1.20. The van der Waals surface area contributed by atoms with Crippen molar-refractivity contribution in [3.8, 4) is 0 Å². The van der Waals surface area contributed by atoms with Gasteiger partial charge in [0.1, 0.15) is 0 Å². The van der Waals surface area contributed by atoms with Gasteiger partial charge >= 0.3 is 5.97 Å². The van der Waals surface area contributed by atoms with Gasteiger partial charge < -0.3 is 16.2 Å². The molecule has 4 heteroatoms. The lowest BCUT2D eigenvalue weighted by molar-refractivity contribution is -0.137. The minimum atomic E-state index is -0.745. The molecule has 0 aliphatic rings. The Bertz CT molecular complexity index is 132. The summed E-state index contributed by atoms with van der Waals surface area (Å²) in [4.78, 5) is 10.5. The maximum absolute atomic E-state index is 10.5. The van der Waals surface area contributed by atoms with Gasteiger partial charge in [0.25, 0.3) is 0 Å². The van der Waals surface area contributed by atoms with Crippen LogP contribution in [0.25, 0.3) is 0 Å². The number of hydrogen-bond acceptors (Lipinski definition) is 3. The molecule has 0 heterocycles. The number of carboxylic acid groups (broad SMARTS) is 1. The monoisotopic (exact) mass is 188 g/mol. The molecule has 0 fully saturated rings. The average molecular weight is 188 g/mol. The van der Waals surface area contributed by atoms with Crippen LogP contribution in [-0.2, 0) is 4.79 Å². The van der Waals surface area contributed by atoms with Crippen molar-refractivity contribution in [1.29, 1.82) is 0 Å². The summed E-state index contributed by atoms with van der Waals surface area (Å²) in [7, 11) is 0. The third kappa shape index (κ3) is 7.74. The zero-order valence-electron chi connectivity index (χ0n) is 8.25. The Morgan fingerprint density at radius 1 is 1.62 bits per heavy atom. The SMILES string of the molecule is CCCNC(CCCN)CC(=O)O. The highest BCUT2D eigenvalue weighted by Crippen LogP contribution is 2.01. The van der Waals surface area contributed by atoms with Crippen molar-refractivity contribution in [2.75, 3.05) is 13.1 Å². The third-order valence-electron chi connectivity index (χ3n) is 1.86. The first kappa shape index (κ1) is 12.4. The average Bonchev–Trinajstić information content (AvgIpc) is 2.09. The highest BCUT2D eigenvalue weighted by atomic mass is 16.4. The van der Waals surface area contributed by atoms with Crippen LogP contribution in [0, 0.1) is 0 Å². The second kappa shape index (κ2) is 8.01. The van der Waals surface area contributed by atoms with E-state index in [4.69, 9.17) is 10.8 Å². The predicted octanol–water partition coefficient (Wildman–Crippen LogP) is 0.568. The number of nitrogens with two attached hydrogens (primary N) is 1. The molecular formula is C9H20N2O2. The normalized spacial score (nSPS) is 12.8. The highest BCUT2D eigenvalue weighted by Gasteiger charge is 2.10. The lowest BCUT2D eigenvalue weighted by Gasteiger charge is -2.15. The summed E-state index contributed by atoms with van der Waals surface area (Å²) in [5.74, 6) is -0.745. The van der Waals surface area contributed by atoms with Gasteiger partial charge in [-0.2, -0.15) is 0 Å². The zero-order chi connectivity index (χ0) is 10.1. The Labute approximate surface area is 79.5 Å². The topological polar surface area (TPSA) is 75.3 Å². The quantitative estimate of drug-likeness (QED) is 0.520. The first-order valence-corrected chi connectivity index (χ1v) is 4.86. The van der Waals surface area contributed by atoms with Crippen LogP contribution in [-0.4, -0.2) is 30.2 Å². The maximum Gasteiger partial charge on any atom is 0.304 e. The van der Waals surface area contributed by atoms with Crippen molar-refractivity contribution in [2.24, 2.45) is 5.73 Å². The summed E-state index contributed by atoms with van der Waals surface area (Å²) >= 11 is 0. The van der Waals surface area contributed by atoms with Gasteiger partial charge in [0.15, 0.2) is 0 Å². The van der Waals surface area contributed by atoms with E-state index in [0.717, 1.165) is 25.8 Å². The summed E-state index contributed by atoms with van der Waals surface area (Å²) in [5, 5.41) is 11.8. The summed E-state index contributed by atoms with van der Waals surface area (Å²) in [6.07, 6.45) is 2.95. The van der Waals surface area contributed by atoms with Crippen LogP contribution < -0.4 is 11.1 Å². The van der Waals surface area contributed by atoms with Crippen molar-refractivity contribution in [3.63, 3.8) is 0 Å². The second-order valence-corrected chi connectivity index (χ2v) is 3.18. The Kier molecular flexibility index (Phi) is 7.63. The van der Waals surface area contributed by atoms with E-state index in [0.29, 0.717) is 6.54 Å². The molecule has 4 N–H and O–H groups in total. The number of rotatable bonds is 8. The van der Waals surface area contributed by atoms with Gasteiger partial charge in [0.05, 0.1) is 6.42 Å². The van der Waals surface area contributed by atoms with E-state index in [1.54, 1.807) is 0 Å². The third-order valence-corrected chi connectivity index (χ3v) is 1.86. The van der Waals surface area contributed by atoms with E-state index in [1.165, 1.54) is 0 Å². The molecule has 0 aromatic carbocycles. The molecule has 0 saturated carbocycles. The van der Waals surface area contributed by atoms with Gasteiger partial charge in [-0.05, 0) is 32.4 Å². The minimum absolute atomic E-state index is 0.0843. The highest BCUT2D eigenvalue weighted by molar-refractivity contribution is 5.67. The molecule has 13 heavy (non-hydrogen) atoms. The number of hydrogen-bond donors (Lipinski definition) is 3. The molecule has 1 unspecified atom stereocenters. The maximum atomic E-state index is 10.5. The van der Waals surface area contributed by atoms with Crippen LogP contribution in [0.1, 0.15) is 32.6 Å². The number of carboxylic acids is 1. The van der Waals surface area contributed by atoms with Gasteiger partial charge in [0, 0.05) is 6.04 Å². The van der Waals surface area contributed by atoms with Gasteiger partial charge in [-0.1, -0.05) is 6.92 Å². The molecule has 0 radical (unpaired) electrons. The van der Waals surface area contributed by atoms with Gasteiger partial charge in [-0.3, -0.25) is 4.79 Å². The standard InChI is InChI=1S/C9H20N2O2/c1-2-6-11-8(4-3-5-10)7-9(12)13/h8,11H,2-7,10H2,1H3,(H,12,13). The van der Waals surface area contributed by atoms with Crippen LogP contribution in [0.3, 0.4) is 0 Å². The molecule has 4 nitrogen and oxygen atoms in total. The lowest BCUT2D eigenvalue weighted by atomic mass is 10.1. The molecule has 0 rings (SSSR count). The van der Waals surface area contributed by atoms with Crippen molar-refractivity contribution in [1.82, 2.24) is 5.32 Å². The van der Waals surface area contributed by atoms with Crippen LogP contribution in [0.4, 0.5) is 0 Å². The van der Waals surface area contributed by atoms with Crippen molar-refractivity contribution < 1.29 is 9.90 Å². The smallest absolute Gasteiger partial charge is 0.304 e.